The van der Waals surface area contributed by atoms with Crippen LogP contribution in [-0.2, 0) is 0 Å². The molecule has 1 nitrogen and oxygen atoms in total. The molecule has 0 bridgehead atoms. The number of hydrogen-bond donors (Lipinski definition) is 0. The Labute approximate surface area is 188 Å². The second-order valence-electron chi connectivity index (χ2n) is 6.91. The van der Waals surface area contributed by atoms with Gasteiger partial charge in [0, 0.05) is 38.9 Å². The van der Waals surface area contributed by atoms with Gasteiger partial charge in [0.2, 0.25) is 0 Å². The van der Waals surface area contributed by atoms with Gasteiger partial charge in [0.05, 0.1) is 0 Å². The van der Waals surface area contributed by atoms with Gasteiger partial charge in [0.25, 0.3) is 0 Å². The fraction of sp³-hybridized carbons (Fsp3) is 0. The van der Waals surface area contributed by atoms with Crippen LogP contribution in [0.3, 0.4) is 0 Å². The van der Waals surface area contributed by atoms with Gasteiger partial charge in [0.1, 0.15) is 0 Å². The largest absolute Gasteiger partial charge is 0.298 e. The van der Waals surface area contributed by atoms with Crippen LogP contribution in [0.5, 0.6) is 0 Å². The van der Waals surface area contributed by atoms with Gasteiger partial charge in [-0.1, -0.05) is 96.2 Å². The number of benzene rings is 4. The fourth-order valence-electron chi connectivity index (χ4n) is 3.05. The second kappa shape index (κ2) is 10.3. The molecule has 4 aromatic rings. The topological polar surface area (TPSA) is 17.1 Å². The first-order valence-electron chi connectivity index (χ1n) is 10.2. The Morgan fingerprint density at radius 3 is 1.28 bits per heavy atom. The van der Waals surface area contributed by atoms with Crippen LogP contribution in [0.25, 0.3) is 0 Å². The van der Waals surface area contributed by atoms with E-state index in [1.807, 2.05) is 97.1 Å². The Hall–Kier alpha value is -4.77. The monoisotopic (exact) mass is 406 g/mol. The number of aldehydes is 1. The van der Waals surface area contributed by atoms with Crippen LogP contribution >= 0.6 is 0 Å². The third-order valence-electron chi connectivity index (χ3n) is 4.72. The van der Waals surface area contributed by atoms with Crippen LogP contribution < -0.4 is 0 Å². The first-order valence-corrected chi connectivity index (χ1v) is 10.2. The lowest BCUT2D eigenvalue weighted by atomic mass is 10.0. The van der Waals surface area contributed by atoms with E-state index in [-0.39, 0.29) is 0 Å². The summed E-state index contributed by atoms with van der Waals surface area (Å²) < 4.78 is 0. The van der Waals surface area contributed by atoms with Crippen LogP contribution in [0.1, 0.15) is 43.7 Å². The number of carbonyl (C=O) groups is 1. The van der Waals surface area contributed by atoms with E-state index in [0.717, 1.165) is 34.1 Å². The van der Waals surface area contributed by atoms with E-state index < -0.39 is 0 Å². The molecule has 148 valence electrons. The van der Waals surface area contributed by atoms with Gasteiger partial charge < -0.3 is 0 Å². The highest BCUT2D eigenvalue weighted by molar-refractivity contribution is 5.79. The van der Waals surface area contributed by atoms with Crippen LogP contribution in [0, 0.1) is 35.5 Å². The zero-order valence-electron chi connectivity index (χ0n) is 17.3. The summed E-state index contributed by atoms with van der Waals surface area (Å²) >= 11 is 0. The normalized spacial score (nSPS) is 9.25. The van der Waals surface area contributed by atoms with Crippen LogP contribution in [-0.4, -0.2) is 6.29 Å². The summed E-state index contributed by atoms with van der Waals surface area (Å²) in [5.74, 6) is 19.2. The second-order valence-corrected chi connectivity index (χ2v) is 6.91. The minimum Gasteiger partial charge on any atom is -0.298 e. The highest BCUT2D eigenvalue weighted by Gasteiger charge is 1.99. The Kier molecular flexibility index (Phi) is 6.61. The molecule has 0 aliphatic rings. The van der Waals surface area contributed by atoms with Crippen molar-refractivity contribution < 1.29 is 4.79 Å². The zero-order valence-corrected chi connectivity index (χ0v) is 17.3. The summed E-state index contributed by atoms with van der Waals surface area (Å²) in [7, 11) is 0. The SMILES string of the molecule is O=Cc1ccccc1C#Cc1ccccc1C#Cc1ccccc1C#Cc1ccccc1. The highest BCUT2D eigenvalue weighted by Crippen LogP contribution is 2.11. The molecule has 0 fully saturated rings. The number of carbonyl (C=O) groups excluding carboxylic acids is 1. The summed E-state index contributed by atoms with van der Waals surface area (Å²) in [6, 6.07) is 32.8. The van der Waals surface area contributed by atoms with Crippen molar-refractivity contribution in [3.63, 3.8) is 0 Å². The molecular weight excluding hydrogens is 388 g/mol. The fourth-order valence-corrected chi connectivity index (χ4v) is 3.05. The molecule has 32 heavy (non-hydrogen) atoms. The third-order valence-corrected chi connectivity index (χ3v) is 4.72. The third kappa shape index (κ3) is 5.23. The lowest BCUT2D eigenvalue weighted by molar-refractivity contribution is 0.112. The van der Waals surface area contributed by atoms with Gasteiger partial charge in [0.15, 0.2) is 6.29 Å². The smallest absolute Gasteiger partial charge is 0.151 e. The molecule has 0 saturated carbocycles. The molecule has 1 heteroatoms. The molecule has 0 atom stereocenters. The van der Waals surface area contributed by atoms with E-state index in [1.165, 1.54) is 0 Å². The van der Waals surface area contributed by atoms with Crippen molar-refractivity contribution in [3.05, 3.63) is 142 Å². The zero-order chi connectivity index (χ0) is 22.0. The highest BCUT2D eigenvalue weighted by atomic mass is 16.1. The van der Waals surface area contributed by atoms with Crippen molar-refractivity contribution in [3.8, 4) is 35.5 Å². The maximum absolute atomic E-state index is 11.2. The molecule has 0 aromatic heterocycles. The molecule has 0 heterocycles. The quantitative estimate of drug-likeness (QED) is 0.293. The molecule has 0 amide bonds. The van der Waals surface area contributed by atoms with Gasteiger partial charge in [-0.05, 0) is 42.5 Å². The standard InChI is InChI=1S/C31H18O/c32-24-31-17-9-8-16-30(31)23-22-29-15-7-6-14-28(29)21-20-27-13-5-4-12-26(27)19-18-25-10-2-1-3-11-25/h1-17,24H. The Morgan fingerprint density at radius 2 is 0.781 bits per heavy atom. The Bertz CT molecular complexity index is 1440. The predicted molar refractivity (Wildman–Crippen MR) is 129 cm³/mol. The van der Waals surface area contributed by atoms with Crippen LogP contribution in [0.15, 0.2) is 103 Å². The summed E-state index contributed by atoms with van der Waals surface area (Å²) in [5, 5.41) is 0. The molecular formula is C31H18O. The first kappa shape index (κ1) is 20.5. The molecule has 0 spiro atoms. The molecule has 0 radical (unpaired) electrons. The maximum Gasteiger partial charge on any atom is 0.151 e. The number of rotatable bonds is 1. The Balaban J connectivity index is 1.66. The van der Waals surface area contributed by atoms with Gasteiger partial charge in [-0.15, -0.1) is 0 Å². The van der Waals surface area contributed by atoms with Crippen LogP contribution in [0.4, 0.5) is 0 Å². The maximum atomic E-state index is 11.2. The summed E-state index contributed by atoms with van der Waals surface area (Å²) in [5.41, 5.74) is 5.63. The first-order chi connectivity index (χ1) is 15.8. The minimum atomic E-state index is 0.578. The van der Waals surface area contributed by atoms with Gasteiger partial charge in [-0.2, -0.15) is 0 Å². The summed E-state index contributed by atoms with van der Waals surface area (Å²) in [6.45, 7) is 0. The van der Waals surface area contributed by atoms with E-state index >= 15 is 0 Å². The molecule has 0 aliphatic heterocycles. The lowest BCUT2D eigenvalue weighted by Gasteiger charge is -1.98. The molecule has 0 N–H and O–H groups in total. The number of hydrogen-bond acceptors (Lipinski definition) is 1. The average Bonchev–Trinajstić information content (AvgIpc) is 2.86. The van der Waals surface area contributed by atoms with Crippen molar-refractivity contribution >= 4 is 6.29 Å². The summed E-state index contributed by atoms with van der Waals surface area (Å²) in [6.07, 6.45) is 0.823. The van der Waals surface area contributed by atoms with Crippen LogP contribution in [0.2, 0.25) is 0 Å². The van der Waals surface area contributed by atoms with E-state index in [9.17, 15) is 4.79 Å². The van der Waals surface area contributed by atoms with Crippen molar-refractivity contribution in [2.75, 3.05) is 0 Å². The van der Waals surface area contributed by atoms with Gasteiger partial charge in [-0.3, -0.25) is 4.79 Å². The minimum absolute atomic E-state index is 0.578. The van der Waals surface area contributed by atoms with E-state index in [0.29, 0.717) is 11.1 Å². The van der Waals surface area contributed by atoms with Crippen molar-refractivity contribution in [1.29, 1.82) is 0 Å². The van der Waals surface area contributed by atoms with Gasteiger partial charge in [-0.25, -0.2) is 0 Å². The molecule has 4 rings (SSSR count). The van der Waals surface area contributed by atoms with Crippen molar-refractivity contribution in [2.24, 2.45) is 0 Å². The predicted octanol–water partition coefficient (Wildman–Crippen LogP) is 5.70. The van der Waals surface area contributed by atoms with E-state index in [4.69, 9.17) is 0 Å². The molecule has 0 aliphatic carbocycles. The molecule has 0 unspecified atom stereocenters. The summed E-state index contributed by atoms with van der Waals surface area (Å²) in [4.78, 5) is 11.2. The van der Waals surface area contributed by atoms with E-state index in [1.54, 1.807) is 6.07 Å². The molecule has 4 aromatic carbocycles. The Morgan fingerprint density at radius 1 is 0.406 bits per heavy atom. The van der Waals surface area contributed by atoms with Crippen molar-refractivity contribution in [1.82, 2.24) is 0 Å². The average molecular weight is 406 g/mol. The van der Waals surface area contributed by atoms with Crippen molar-refractivity contribution in [2.45, 2.75) is 0 Å². The lowest BCUT2D eigenvalue weighted by Crippen LogP contribution is -1.88. The molecule has 0 saturated heterocycles. The van der Waals surface area contributed by atoms with Gasteiger partial charge >= 0.3 is 0 Å². The van der Waals surface area contributed by atoms with E-state index in [2.05, 4.69) is 35.5 Å².